The molecule has 1 rings (SSSR count). The number of nitrogens with two attached hydrogens (primary N) is 1. The molecule has 1 aromatic heterocycles. The minimum Gasteiger partial charge on any atom is -0.344 e. The summed E-state index contributed by atoms with van der Waals surface area (Å²) < 4.78 is 5.06. The van der Waals surface area contributed by atoms with Gasteiger partial charge in [-0.25, -0.2) is 0 Å². The highest BCUT2D eigenvalue weighted by Gasteiger charge is 2.14. The van der Waals surface area contributed by atoms with E-state index in [0.29, 0.717) is 24.2 Å². The first-order valence-corrected chi connectivity index (χ1v) is 4.76. The molecule has 1 aromatic rings. The molecule has 0 aliphatic rings. The lowest BCUT2D eigenvalue weighted by Crippen LogP contribution is -2.28. The van der Waals surface area contributed by atoms with Gasteiger partial charge in [0.15, 0.2) is 0 Å². The number of hydrogen-bond donors (Lipinski definition) is 1. The summed E-state index contributed by atoms with van der Waals surface area (Å²) in [7, 11) is 3.74. The summed E-state index contributed by atoms with van der Waals surface area (Å²) in [6.45, 7) is 4.15. The lowest BCUT2D eigenvalue weighted by atomic mass is 10.0. The van der Waals surface area contributed by atoms with Crippen molar-refractivity contribution in [1.82, 2.24) is 10.1 Å². The molecule has 0 saturated carbocycles. The quantitative estimate of drug-likeness (QED) is 0.769. The molecule has 5 nitrogen and oxygen atoms in total. The lowest BCUT2D eigenvalue weighted by Gasteiger charge is -2.12. The largest absolute Gasteiger partial charge is 0.344 e. The van der Waals surface area contributed by atoms with Crippen LogP contribution in [0.25, 0.3) is 0 Å². The first-order valence-electron chi connectivity index (χ1n) is 4.76. The summed E-state index contributed by atoms with van der Waals surface area (Å²) >= 11 is 0. The van der Waals surface area contributed by atoms with Crippen LogP contribution in [0, 0.1) is 5.92 Å². The minimum atomic E-state index is 0.0745. The second kappa shape index (κ2) is 4.41. The highest BCUT2D eigenvalue weighted by atomic mass is 16.5. The second-order valence-electron chi connectivity index (χ2n) is 3.99. The molecule has 0 aliphatic carbocycles. The predicted octanol–water partition coefficient (Wildman–Crippen LogP) is 0.661. The Hall–Kier alpha value is -1.10. The van der Waals surface area contributed by atoms with E-state index < -0.39 is 0 Å². The van der Waals surface area contributed by atoms with Gasteiger partial charge in [0.25, 0.3) is 5.95 Å². The van der Waals surface area contributed by atoms with E-state index in [-0.39, 0.29) is 6.04 Å². The first-order chi connectivity index (χ1) is 6.50. The smallest absolute Gasteiger partial charge is 0.265 e. The summed E-state index contributed by atoms with van der Waals surface area (Å²) in [5.41, 5.74) is 5.89. The van der Waals surface area contributed by atoms with E-state index in [0.717, 1.165) is 0 Å². The highest BCUT2D eigenvalue weighted by molar-refractivity contribution is 5.23. The molecule has 0 fully saturated rings. The molecule has 14 heavy (non-hydrogen) atoms. The Kier molecular flexibility index (Phi) is 3.46. The van der Waals surface area contributed by atoms with Crippen molar-refractivity contribution in [2.24, 2.45) is 11.7 Å². The van der Waals surface area contributed by atoms with Crippen molar-refractivity contribution in [3.63, 3.8) is 0 Å². The third-order valence-corrected chi connectivity index (χ3v) is 2.12. The third kappa shape index (κ3) is 2.70. The molecule has 0 bridgehead atoms. The molecular weight excluding hydrogens is 180 g/mol. The topological polar surface area (TPSA) is 68.2 Å². The number of anilines is 1. The second-order valence-corrected chi connectivity index (χ2v) is 3.99. The van der Waals surface area contributed by atoms with Crippen molar-refractivity contribution in [2.75, 3.05) is 19.0 Å². The van der Waals surface area contributed by atoms with Gasteiger partial charge in [0.1, 0.15) is 0 Å². The van der Waals surface area contributed by atoms with E-state index >= 15 is 0 Å². The van der Waals surface area contributed by atoms with Gasteiger partial charge in [-0.15, -0.1) is 0 Å². The molecule has 1 heterocycles. The molecule has 2 N–H and O–H groups in total. The van der Waals surface area contributed by atoms with Crippen LogP contribution in [-0.2, 0) is 6.42 Å². The Morgan fingerprint density at radius 1 is 1.43 bits per heavy atom. The third-order valence-electron chi connectivity index (χ3n) is 2.12. The molecule has 1 atom stereocenters. The molecule has 1 unspecified atom stereocenters. The Bertz CT molecular complexity index is 282. The van der Waals surface area contributed by atoms with Gasteiger partial charge in [-0.05, 0) is 11.1 Å². The molecule has 0 spiro atoms. The van der Waals surface area contributed by atoms with E-state index in [4.69, 9.17) is 10.3 Å². The molecule has 0 aliphatic heterocycles. The first kappa shape index (κ1) is 11.0. The van der Waals surface area contributed by atoms with Crippen LogP contribution >= 0.6 is 0 Å². The zero-order valence-corrected chi connectivity index (χ0v) is 9.19. The van der Waals surface area contributed by atoms with Gasteiger partial charge < -0.3 is 15.2 Å². The normalized spacial score (nSPS) is 13.3. The van der Waals surface area contributed by atoms with Crippen LogP contribution in [0.3, 0.4) is 0 Å². The standard InChI is InChI=1S/C9H18N4O/c1-6(2)7(10)5-8-11-9(12-14-8)13(3)4/h6-7H,5,10H2,1-4H3. The molecule has 5 heteroatoms. The van der Waals surface area contributed by atoms with Crippen molar-refractivity contribution in [3.05, 3.63) is 5.89 Å². The average molecular weight is 198 g/mol. The van der Waals surface area contributed by atoms with Crippen LogP contribution in [0.5, 0.6) is 0 Å². The Morgan fingerprint density at radius 3 is 2.50 bits per heavy atom. The zero-order chi connectivity index (χ0) is 10.7. The van der Waals surface area contributed by atoms with Crippen LogP contribution in [0.15, 0.2) is 4.52 Å². The number of aromatic nitrogens is 2. The fraction of sp³-hybridized carbons (Fsp3) is 0.778. The summed E-state index contributed by atoms with van der Waals surface area (Å²) in [4.78, 5) is 6.00. The van der Waals surface area contributed by atoms with Crippen LogP contribution < -0.4 is 10.6 Å². The summed E-state index contributed by atoms with van der Waals surface area (Å²) in [6, 6.07) is 0.0745. The maximum atomic E-state index is 5.89. The zero-order valence-electron chi connectivity index (χ0n) is 9.19. The number of hydrogen-bond acceptors (Lipinski definition) is 5. The van der Waals surface area contributed by atoms with Gasteiger partial charge in [-0.2, -0.15) is 4.98 Å². The van der Waals surface area contributed by atoms with Crippen molar-refractivity contribution < 1.29 is 4.52 Å². The van der Waals surface area contributed by atoms with Crippen molar-refractivity contribution >= 4 is 5.95 Å². The van der Waals surface area contributed by atoms with Crippen LogP contribution in [0.1, 0.15) is 19.7 Å². The van der Waals surface area contributed by atoms with Crippen LogP contribution in [0.2, 0.25) is 0 Å². The lowest BCUT2D eigenvalue weighted by molar-refractivity contribution is 0.353. The van der Waals surface area contributed by atoms with Gasteiger partial charge in [-0.3, -0.25) is 0 Å². The Balaban J connectivity index is 2.60. The van der Waals surface area contributed by atoms with Gasteiger partial charge in [0.05, 0.1) is 0 Å². The number of rotatable bonds is 4. The SMILES string of the molecule is CC(C)C(N)Cc1nc(N(C)C)no1. The van der Waals surface area contributed by atoms with Gasteiger partial charge in [0.2, 0.25) is 5.89 Å². The van der Waals surface area contributed by atoms with Crippen molar-refractivity contribution in [2.45, 2.75) is 26.3 Å². The predicted molar refractivity (Wildman–Crippen MR) is 55.1 cm³/mol. The minimum absolute atomic E-state index is 0.0745. The van der Waals surface area contributed by atoms with Crippen LogP contribution in [-0.4, -0.2) is 30.3 Å². The average Bonchev–Trinajstić information content (AvgIpc) is 2.52. The number of nitrogens with zero attached hydrogens (tertiary/aromatic N) is 3. The van der Waals surface area contributed by atoms with Crippen molar-refractivity contribution in [3.8, 4) is 0 Å². The van der Waals surface area contributed by atoms with E-state index in [1.165, 1.54) is 0 Å². The molecule has 0 saturated heterocycles. The summed E-state index contributed by atoms with van der Waals surface area (Å²) in [5.74, 6) is 1.62. The summed E-state index contributed by atoms with van der Waals surface area (Å²) in [5, 5.41) is 3.81. The van der Waals surface area contributed by atoms with Crippen LogP contribution in [0.4, 0.5) is 5.95 Å². The van der Waals surface area contributed by atoms with E-state index in [2.05, 4.69) is 24.0 Å². The van der Waals surface area contributed by atoms with E-state index in [9.17, 15) is 0 Å². The maximum absolute atomic E-state index is 5.89. The fourth-order valence-electron chi connectivity index (χ4n) is 0.948. The molecule has 80 valence electrons. The Labute approximate surface area is 84.3 Å². The maximum Gasteiger partial charge on any atom is 0.265 e. The van der Waals surface area contributed by atoms with Gasteiger partial charge in [0, 0.05) is 26.6 Å². The van der Waals surface area contributed by atoms with Gasteiger partial charge in [-0.1, -0.05) is 13.8 Å². The van der Waals surface area contributed by atoms with E-state index in [1.54, 1.807) is 4.90 Å². The highest BCUT2D eigenvalue weighted by Crippen LogP contribution is 2.09. The molecule has 0 amide bonds. The molecule has 0 radical (unpaired) electrons. The van der Waals surface area contributed by atoms with Crippen molar-refractivity contribution in [1.29, 1.82) is 0 Å². The Morgan fingerprint density at radius 2 is 2.07 bits per heavy atom. The summed E-state index contributed by atoms with van der Waals surface area (Å²) in [6.07, 6.45) is 0.637. The molecular formula is C9H18N4O. The van der Waals surface area contributed by atoms with E-state index in [1.807, 2.05) is 14.1 Å². The molecule has 0 aromatic carbocycles. The van der Waals surface area contributed by atoms with Gasteiger partial charge >= 0.3 is 0 Å². The fourth-order valence-corrected chi connectivity index (χ4v) is 0.948. The monoisotopic (exact) mass is 198 g/mol.